The summed E-state index contributed by atoms with van der Waals surface area (Å²) >= 11 is 0. The van der Waals surface area contributed by atoms with Gasteiger partial charge in [0, 0.05) is 29.8 Å². The van der Waals surface area contributed by atoms with Crippen molar-refractivity contribution in [2.75, 3.05) is 5.32 Å². The first-order valence-electron chi connectivity index (χ1n) is 7.35. The Hall–Kier alpha value is -1.88. The molecule has 1 rings (SSSR count). The Kier molecular flexibility index (Phi) is 6.88. The molecule has 2 amide bonds. The molecule has 1 aromatic rings. The van der Waals surface area contributed by atoms with Crippen molar-refractivity contribution < 1.29 is 9.59 Å². The minimum atomic E-state index is -0.141. The summed E-state index contributed by atoms with van der Waals surface area (Å²) in [6.07, 6.45) is 2.02. The van der Waals surface area contributed by atoms with Crippen LogP contribution in [-0.4, -0.2) is 23.9 Å². The van der Waals surface area contributed by atoms with Crippen LogP contribution >= 0.6 is 0 Å². The molecule has 1 unspecified atom stereocenters. The van der Waals surface area contributed by atoms with Crippen LogP contribution < -0.4 is 16.4 Å². The van der Waals surface area contributed by atoms with Gasteiger partial charge in [-0.05, 0) is 51.8 Å². The van der Waals surface area contributed by atoms with Gasteiger partial charge in [-0.2, -0.15) is 0 Å². The monoisotopic (exact) mass is 291 g/mol. The van der Waals surface area contributed by atoms with Crippen molar-refractivity contribution in [3.63, 3.8) is 0 Å². The molecule has 0 aromatic heterocycles. The summed E-state index contributed by atoms with van der Waals surface area (Å²) in [5, 5.41) is 5.63. The van der Waals surface area contributed by atoms with Crippen LogP contribution in [0.4, 0.5) is 5.69 Å². The lowest BCUT2D eigenvalue weighted by atomic mass is 10.1. The Morgan fingerprint density at radius 1 is 1.24 bits per heavy atom. The predicted molar refractivity (Wildman–Crippen MR) is 85.2 cm³/mol. The van der Waals surface area contributed by atoms with E-state index in [-0.39, 0.29) is 23.9 Å². The zero-order chi connectivity index (χ0) is 15.8. The van der Waals surface area contributed by atoms with Crippen molar-refractivity contribution in [3.05, 3.63) is 29.8 Å². The fourth-order valence-electron chi connectivity index (χ4n) is 1.89. The molecule has 21 heavy (non-hydrogen) atoms. The van der Waals surface area contributed by atoms with Crippen LogP contribution in [0.5, 0.6) is 0 Å². The number of nitrogens with one attached hydrogen (secondary N) is 2. The maximum atomic E-state index is 11.9. The standard InChI is InChI=1S/C16H25N3O2/c1-11(2)18-16(21)13-7-5-8-14(10-13)19-15(20)9-4-6-12(3)17/h5,7-8,10-12H,4,6,9,17H2,1-3H3,(H,18,21)(H,19,20). The van der Waals surface area contributed by atoms with Crippen LogP contribution in [0.25, 0.3) is 0 Å². The van der Waals surface area contributed by atoms with E-state index in [1.165, 1.54) is 0 Å². The molecule has 1 aromatic carbocycles. The number of carbonyl (C=O) groups is 2. The van der Waals surface area contributed by atoms with Gasteiger partial charge in [0.25, 0.3) is 5.91 Å². The number of rotatable bonds is 7. The van der Waals surface area contributed by atoms with Crippen molar-refractivity contribution in [2.45, 2.75) is 52.1 Å². The predicted octanol–water partition coefficient (Wildman–Crippen LogP) is 2.28. The lowest BCUT2D eigenvalue weighted by Gasteiger charge is -2.10. The number of anilines is 1. The van der Waals surface area contributed by atoms with Crippen molar-refractivity contribution >= 4 is 17.5 Å². The summed E-state index contributed by atoms with van der Waals surface area (Å²) in [6, 6.07) is 7.13. The van der Waals surface area contributed by atoms with Gasteiger partial charge in [0.15, 0.2) is 0 Å². The second-order valence-corrected chi connectivity index (χ2v) is 5.63. The van der Waals surface area contributed by atoms with E-state index >= 15 is 0 Å². The summed E-state index contributed by atoms with van der Waals surface area (Å²) in [5.74, 6) is -0.199. The Morgan fingerprint density at radius 3 is 2.57 bits per heavy atom. The third kappa shape index (κ3) is 6.90. The number of carbonyl (C=O) groups excluding carboxylic acids is 2. The lowest BCUT2D eigenvalue weighted by Crippen LogP contribution is -2.30. The molecule has 0 spiro atoms. The van der Waals surface area contributed by atoms with Gasteiger partial charge in [0.05, 0.1) is 0 Å². The third-order valence-corrected chi connectivity index (χ3v) is 2.89. The molecule has 0 saturated heterocycles. The molecule has 0 saturated carbocycles. The number of amides is 2. The van der Waals surface area contributed by atoms with E-state index in [4.69, 9.17) is 5.73 Å². The normalized spacial score (nSPS) is 12.0. The number of benzene rings is 1. The molecule has 1 atom stereocenters. The van der Waals surface area contributed by atoms with E-state index in [1.807, 2.05) is 20.8 Å². The summed E-state index contributed by atoms with van der Waals surface area (Å²) in [6.45, 7) is 5.73. The van der Waals surface area contributed by atoms with Crippen molar-refractivity contribution in [3.8, 4) is 0 Å². The molecule has 5 heteroatoms. The Morgan fingerprint density at radius 2 is 1.95 bits per heavy atom. The molecule has 4 N–H and O–H groups in total. The van der Waals surface area contributed by atoms with Gasteiger partial charge in [-0.25, -0.2) is 0 Å². The maximum Gasteiger partial charge on any atom is 0.251 e. The molecule has 0 fully saturated rings. The van der Waals surface area contributed by atoms with Crippen molar-refractivity contribution in [2.24, 2.45) is 5.73 Å². The Bertz CT molecular complexity index is 484. The van der Waals surface area contributed by atoms with Gasteiger partial charge in [-0.15, -0.1) is 0 Å². The number of nitrogens with two attached hydrogens (primary N) is 1. The van der Waals surface area contributed by atoms with Crippen LogP contribution in [-0.2, 0) is 4.79 Å². The summed E-state index contributed by atoms with van der Waals surface area (Å²) in [5.41, 5.74) is 6.82. The van der Waals surface area contributed by atoms with Gasteiger partial charge < -0.3 is 16.4 Å². The van der Waals surface area contributed by atoms with Gasteiger partial charge >= 0.3 is 0 Å². The summed E-state index contributed by atoms with van der Waals surface area (Å²) in [4.78, 5) is 23.7. The van der Waals surface area contributed by atoms with E-state index in [2.05, 4.69) is 10.6 Å². The van der Waals surface area contributed by atoms with Crippen LogP contribution in [0.1, 0.15) is 50.4 Å². The van der Waals surface area contributed by atoms with Gasteiger partial charge in [-0.1, -0.05) is 6.07 Å². The van der Waals surface area contributed by atoms with Gasteiger partial charge in [0.2, 0.25) is 5.91 Å². The van der Waals surface area contributed by atoms with E-state index in [0.717, 1.165) is 12.8 Å². The van der Waals surface area contributed by atoms with Crippen molar-refractivity contribution in [1.82, 2.24) is 5.32 Å². The minimum Gasteiger partial charge on any atom is -0.350 e. The number of hydrogen-bond acceptors (Lipinski definition) is 3. The molecule has 0 aliphatic heterocycles. The third-order valence-electron chi connectivity index (χ3n) is 2.89. The Balaban J connectivity index is 2.56. The molecule has 0 bridgehead atoms. The first kappa shape index (κ1) is 17.2. The van der Waals surface area contributed by atoms with Crippen LogP contribution in [0, 0.1) is 0 Å². The SMILES string of the molecule is CC(N)CCCC(=O)Nc1cccc(C(=O)NC(C)C)c1. The zero-order valence-corrected chi connectivity index (χ0v) is 13.0. The highest BCUT2D eigenvalue weighted by molar-refractivity contribution is 5.97. The lowest BCUT2D eigenvalue weighted by molar-refractivity contribution is -0.116. The van der Waals surface area contributed by atoms with E-state index in [9.17, 15) is 9.59 Å². The smallest absolute Gasteiger partial charge is 0.251 e. The number of hydrogen-bond donors (Lipinski definition) is 3. The highest BCUT2D eigenvalue weighted by Crippen LogP contribution is 2.12. The molecule has 0 aliphatic carbocycles. The fraction of sp³-hybridized carbons (Fsp3) is 0.500. The maximum absolute atomic E-state index is 11.9. The highest BCUT2D eigenvalue weighted by atomic mass is 16.2. The van der Waals surface area contributed by atoms with Crippen LogP contribution in [0.3, 0.4) is 0 Å². The average molecular weight is 291 g/mol. The van der Waals surface area contributed by atoms with E-state index < -0.39 is 0 Å². The second kappa shape index (κ2) is 8.42. The van der Waals surface area contributed by atoms with Crippen LogP contribution in [0.15, 0.2) is 24.3 Å². The largest absolute Gasteiger partial charge is 0.350 e. The molecular formula is C16H25N3O2. The fourth-order valence-corrected chi connectivity index (χ4v) is 1.89. The molecule has 116 valence electrons. The first-order valence-corrected chi connectivity index (χ1v) is 7.35. The molecule has 5 nitrogen and oxygen atoms in total. The summed E-state index contributed by atoms with van der Waals surface area (Å²) in [7, 11) is 0. The second-order valence-electron chi connectivity index (χ2n) is 5.63. The van der Waals surface area contributed by atoms with Gasteiger partial charge in [-0.3, -0.25) is 9.59 Å². The van der Waals surface area contributed by atoms with Crippen LogP contribution in [0.2, 0.25) is 0 Å². The molecule has 0 aliphatic rings. The topological polar surface area (TPSA) is 84.2 Å². The zero-order valence-electron chi connectivity index (χ0n) is 13.0. The quantitative estimate of drug-likeness (QED) is 0.720. The first-order chi connectivity index (χ1) is 9.88. The van der Waals surface area contributed by atoms with Crippen molar-refractivity contribution in [1.29, 1.82) is 0 Å². The molecule has 0 heterocycles. The van der Waals surface area contributed by atoms with Gasteiger partial charge in [0.1, 0.15) is 0 Å². The molecule has 0 radical (unpaired) electrons. The van der Waals surface area contributed by atoms with E-state index in [0.29, 0.717) is 17.7 Å². The average Bonchev–Trinajstić information content (AvgIpc) is 2.37. The highest BCUT2D eigenvalue weighted by Gasteiger charge is 2.09. The minimum absolute atomic E-state index is 0.0583. The summed E-state index contributed by atoms with van der Waals surface area (Å²) < 4.78 is 0. The van der Waals surface area contributed by atoms with E-state index in [1.54, 1.807) is 24.3 Å². The Labute approximate surface area is 126 Å². The molecular weight excluding hydrogens is 266 g/mol.